The third kappa shape index (κ3) is 4.64. The van der Waals surface area contributed by atoms with Crippen LogP contribution in [-0.2, 0) is 10.1 Å². The minimum atomic E-state index is -4.34. The molecular formula is C18H17Cl2N3O4S. The van der Waals surface area contributed by atoms with Crippen molar-refractivity contribution in [3.05, 3.63) is 60.2 Å². The Labute approximate surface area is 173 Å². The van der Waals surface area contributed by atoms with Gasteiger partial charge < -0.3 is 4.74 Å². The van der Waals surface area contributed by atoms with E-state index in [4.69, 9.17) is 27.9 Å². The molecule has 0 fully saturated rings. The first kappa shape index (κ1) is 20.6. The zero-order valence-corrected chi connectivity index (χ0v) is 17.1. The largest absolute Gasteiger partial charge is 0.426 e. The summed E-state index contributed by atoms with van der Waals surface area (Å²) in [4.78, 5) is 9.61. The number of amidine groups is 2. The predicted octanol–water partition coefficient (Wildman–Crippen LogP) is 4.25. The van der Waals surface area contributed by atoms with Crippen LogP contribution in [0.2, 0.25) is 0 Å². The van der Waals surface area contributed by atoms with Gasteiger partial charge in [0, 0.05) is 0 Å². The van der Waals surface area contributed by atoms with E-state index in [9.17, 15) is 13.0 Å². The Bertz CT molecular complexity index is 1010. The second-order valence-electron chi connectivity index (χ2n) is 5.90. The van der Waals surface area contributed by atoms with Gasteiger partial charge in [-0.2, -0.15) is 13.4 Å². The lowest BCUT2D eigenvalue weighted by atomic mass is 10.0. The Morgan fingerprint density at radius 1 is 1.21 bits per heavy atom. The minimum Gasteiger partial charge on any atom is -0.426 e. The molecule has 2 aromatic carbocycles. The third-order valence-corrected chi connectivity index (χ3v) is 5.41. The van der Waals surface area contributed by atoms with Crippen LogP contribution in [0.15, 0.2) is 69.5 Å². The summed E-state index contributed by atoms with van der Waals surface area (Å²) in [6.07, 6.45) is 0.530. The van der Waals surface area contributed by atoms with Crippen molar-refractivity contribution in [2.75, 3.05) is 0 Å². The topological polar surface area (TPSA) is 91.6 Å². The third-order valence-electron chi connectivity index (χ3n) is 4.07. The van der Waals surface area contributed by atoms with E-state index in [1.807, 2.05) is 25.1 Å². The van der Waals surface area contributed by atoms with Gasteiger partial charge >= 0.3 is 6.02 Å². The van der Waals surface area contributed by atoms with Crippen LogP contribution in [0, 0.1) is 0 Å². The molecule has 2 atom stereocenters. The average molecular weight is 442 g/mol. The van der Waals surface area contributed by atoms with Crippen LogP contribution in [0.3, 0.4) is 0 Å². The first-order valence-electron chi connectivity index (χ1n) is 8.34. The second-order valence-corrected chi connectivity index (χ2v) is 8.05. The molecule has 10 heteroatoms. The number of benzene rings is 2. The Balaban J connectivity index is 2.01. The summed E-state index contributed by atoms with van der Waals surface area (Å²) < 4.78 is 38.3. The molecule has 3 rings (SSSR count). The Hall–Kier alpha value is -2.13. The van der Waals surface area contributed by atoms with Gasteiger partial charge in [-0.25, -0.2) is 4.99 Å². The lowest BCUT2D eigenvalue weighted by Crippen LogP contribution is -2.44. The highest BCUT2D eigenvalue weighted by molar-refractivity contribution is 7.85. The van der Waals surface area contributed by atoms with Crippen LogP contribution in [0.5, 0.6) is 5.75 Å². The summed E-state index contributed by atoms with van der Waals surface area (Å²) >= 11 is 12.4. The molecule has 0 aromatic heterocycles. The fraction of sp³-hybridized carbons (Fsp3) is 0.222. The van der Waals surface area contributed by atoms with Crippen LogP contribution in [0.1, 0.15) is 24.9 Å². The van der Waals surface area contributed by atoms with Crippen LogP contribution >= 0.6 is 23.2 Å². The van der Waals surface area contributed by atoms with Gasteiger partial charge in [-0.1, -0.05) is 48.9 Å². The lowest BCUT2D eigenvalue weighted by molar-refractivity contribution is 0.242. The molecule has 0 aliphatic carbocycles. The molecule has 0 amide bonds. The van der Waals surface area contributed by atoms with Crippen molar-refractivity contribution >= 4 is 44.6 Å². The van der Waals surface area contributed by atoms with Crippen LogP contribution < -0.4 is 4.74 Å². The van der Waals surface area contributed by atoms with Gasteiger partial charge in [-0.3, -0.25) is 9.45 Å². The van der Waals surface area contributed by atoms with E-state index in [2.05, 4.69) is 9.98 Å². The van der Waals surface area contributed by atoms with Crippen molar-refractivity contribution in [1.29, 1.82) is 0 Å². The van der Waals surface area contributed by atoms with Gasteiger partial charge in [-0.05, 0) is 47.9 Å². The van der Waals surface area contributed by atoms with Crippen molar-refractivity contribution in [2.45, 2.75) is 29.9 Å². The number of rotatable bonds is 5. The fourth-order valence-corrected chi connectivity index (χ4v) is 3.90. The summed E-state index contributed by atoms with van der Waals surface area (Å²) in [5, 5.41) is -0.0521. The van der Waals surface area contributed by atoms with Crippen molar-refractivity contribution in [3.8, 4) is 5.75 Å². The molecule has 1 heterocycles. The Kier molecular flexibility index (Phi) is 6.24. The SMILES string of the molecule is CCC(c1cccc(S(=O)(=O)O)c1)N1C(Oc2ccccc2)=NC(Cl)=NC1Cl. The van der Waals surface area contributed by atoms with Gasteiger partial charge in [0.05, 0.1) is 10.9 Å². The molecule has 0 saturated carbocycles. The number of aliphatic imine (C=N–C) groups is 2. The zero-order chi connectivity index (χ0) is 20.3. The highest BCUT2D eigenvalue weighted by Crippen LogP contribution is 2.32. The van der Waals surface area contributed by atoms with Crippen molar-refractivity contribution < 1.29 is 17.7 Å². The van der Waals surface area contributed by atoms with E-state index < -0.39 is 21.8 Å². The van der Waals surface area contributed by atoms with Gasteiger partial charge in [0.15, 0.2) is 0 Å². The fourth-order valence-electron chi connectivity index (χ4n) is 2.83. The van der Waals surface area contributed by atoms with E-state index >= 15 is 0 Å². The second kappa shape index (κ2) is 8.48. The number of alkyl halides is 1. The van der Waals surface area contributed by atoms with E-state index in [1.165, 1.54) is 12.1 Å². The van der Waals surface area contributed by atoms with E-state index in [1.54, 1.807) is 29.2 Å². The highest BCUT2D eigenvalue weighted by Gasteiger charge is 2.33. The molecule has 28 heavy (non-hydrogen) atoms. The molecule has 1 aliphatic rings. The van der Waals surface area contributed by atoms with Gasteiger partial charge in [0.2, 0.25) is 10.9 Å². The maximum absolute atomic E-state index is 11.5. The average Bonchev–Trinajstić information content (AvgIpc) is 2.65. The number of nitrogens with zero attached hydrogens (tertiary/aromatic N) is 3. The number of para-hydroxylation sites is 1. The molecule has 148 valence electrons. The molecule has 0 saturated heterocycles. The molecule has 2 unspecified atom stereocenters. The van der Waals surface area contributed by atoms with Gasteiger partial charge in [0.1, 0.15) is 5.75 Å². The number of hydrogen-bond donors (Lipinski definition) is 1. The predicted molar refractivity (Wildman–Crippen MR) is 109 cm³/mol. The zero-order valence-electron chi connectivity index (χ0n) is 14.7. The maximum atomic E-state index is 11.5. The molecule has 0 spiro atoms. The van der Waals surface area contributed by atoms with Gasteiger partial charge in [0.25, 0.3) is 10.1 Å². The molecule has 0 bridgehead atoms. The monoisotopic (exact) mass is 441 g/mol. The van der Waals surface area contributed by atoms with Crippen molar-refractivity contribution in [1.82, 2.24) is 4.90 Å². The van der Waals surface area contributed by atoms with Crippen LogP contribution in [0.4, 0.5) is 0 Å². The van der Waals surface area contributed by atoms with E-state index in [-0.39, 0.29) is 16.2 Å². The Morgan fingerprint density at radius 2 is 1.93 bits per heavy atom. The number of hydrogen-bond acceptors (Lipinski definition) is 6. The number of ether oxygens (including phenoxy) is 1. The quantitative estimate of drug-likeness (QED) is 0.425. The van der Waals surface area contributed by atoms with E-state index in [0.29, 0.717) is 17.7 Å². The highest BCUT2D eigenvalue weighted by atomic mass is 35.5. The lowest BCUT2D eigenvalue weighted by Gasteiger charge is -2.36. The Morgan fingerprint density at radius 3 is 2.57 bits per heavy atom. The number of halogens is 2. The molecule has 7 nitrogen and oxygen atoms in total. The first-order chi connectivity index (χ1) is 13.3. The maximum Gasteiger partial charge on any atom is 0.303 e. The molecule has 2 aromatic rings. The molecule has 1 N–H and O–H groups in total. The summed E-state index contributed by atoms with van der Waals surface area (Å²) in [6, 6.07) is 14.6. The smallest absolute Gasteiger partial charge is 0.303 e. The first-order valence-corrected chi connectivity index (χ1v) is 10.6. The van der Waals surface area contributed by atoms with Gasteiger partial charge in [-0.15, -0.1) is 0 Å². The summed E-state index contributed by atoms with van der Waals surface area (Å²) in [5.74, 6) is 0.531. The van der Waals surface area contributed by atoms with Crippen molar-refractivity contribution in [2.24, 2.45) is 9.98 Å². The summed E-state index contributed by atoms with van der Waals surface area (Å²) in [6.45, 7) is 1.90. The van der Waals surface area contributed by atoms with Crippen LogP contribution in [0.25, 0.3) is 0 Å². The summed E-state index contributed by atoms with van der Waals surface area (Å²) in [5.41, 5.74) is -0.316. The minimum absolute atomic E-state index is 0.0521. The summed E-state index contributed by atoms with van der Waals surface area (Å²) in [7, 11) is -4.34. The normalized spacial score (nSPS) is 18.3. The molecule has 0 radical (unpaired) electrons. The standard InChI is InChI=1S/C18H17Cl2N3O4S/c1-2-15(12-7-6-10-14(11-12)28(24,25)26)23-17(20)21-16(19)22-18(23)27-13-8-4-3-5-9-13/h3-11,15,17H,2H2,1H3,(H,24,25,26). The van der Waals surface area contributed by atoms with E-state index in [0.717, 1.165) is 0 Å². The van der Waals surface area contributed by atoms with Crippen molar-refractivity contribution in [3.63, 3.8) is 0 Å². The molecule has 1 aliphatic heterocycles. The van der Waals surface area contributed by atoms with Crippen LogP contribution in [-0.4, -0.2) is 34.8 Å². The molecular weight excluding hydrogens is 425 g/mol.